The third kappa shape index (κ3) is 2.37. The van der Waals surface area contributed by atoms with E-state index in [-0.39, 0.29) is 0 Å². The molecule has 20 heavy (non-hydrogen) atoms. The molecule has 0 saturated carbocycles. The summed E-state index contributed by atoms with van der Waals surface area (Å²) in [7, 11) is 3.49. The third-order valence-electron chi connectivity index (χ3n) is 2.70. The van der Waals surface area contributed by atoms with Gasteiger partial charge < -0.3 is 10.1 Å². The lowest BCUT2D eigenvalue weighted by Gasteiger charge is -2.04. The van der Waals surface area contributed by atoms with Crippen molar-refractivity contribution in [3.05, 3.63) is 29.6 Å². The van der Waals surface area contributed by atoms with E-state index in [1.165, 1.54) is 11.3 Å². The van der Waals surface area contributed by atoms with Crippen LogP contribution in [0.25, 0.3) is 21.3 Å². The largest absolute Gasteiger partial charge is 0.496 e. The maximum Gasteiger partial charge on any atom is 0.205 e. The summed E-state index contributed by atoms with van der Waals surface area (Å²) in [5, 5.41) is 15.6. The molecule has 0 aliphatic heterocycles. The van der Waals surface area contributed by atoms with Gasteiger partial charge in [-0.3, -0.25) is 0 Å². The Morgan fingerprint density at radius 2 is 2.00 bits per heavy atom. The van der Waals surface area contributed by atoms with E-state index < -0.39 is 0 Å². The zero-order valence-corrected chi connectivity index (χ0v) is 12.6. The molecule has 3 rings (SSSR count). The average Bonchev–Trinajstić information content (AvgIpc) is 3.15. The smallest absolute Gasteiger partial charge is 0.205 e. The van der Waals surface area contributed by atoms with Crippen LogP contribution >= 0.6 is 22.7 Å². The van der Waals surface area contributed by atoms with Crippen LogP contribution in [0, 0.1) is 0 Å². The van der Waals surface area contributed by atoms with Gasteiger partial charge in [-0.25, -0.2) is 4.98 Å². The van der Waals surface area contributed by atoms with Gasteiger partial charge in [0.05, 0.1) is 12.7 Å². The Hall–Kier alpha value is -1.99. The highest BCUT2D eigenvalue weighted by atomic mass is 32.1. The summed E-state index contributed by atoms with van der Waals surface area (Å²) in [6, 6.07) is 7.85. The van der Waals surface area contributed by atoms with Crippen molar-refractivity contribution in [2.45, 2.75) is 0 Å². The zero-order valence-electron chi connectivity index (χ0n) is 11.0. The Bertz CT molecular complexity index is 722. The molecule has 0 spiro atoms. The van der Waals surface area contributed by atoms with Crippen LogP contribution in [0.2, 0.25) is 0 Å². The highest BCUT2D eigenvalue weighted by molar-refractivity contribution is 7.19. The minimum Gasteiger partial charge on any atom is -0.496 e. The van der Waals surface area contributed by atoms with Crippen molar-refractivity contribution in [3.63, 3.8) is 0 Å². The Kier molecular flexibility index (Phi) is 3.62. The van der Waals surface area contributed by atoms with Gasteiger partial charge in [0, 0.05) is 12.4 Å². The normalized spacial score (nSPS) is 10.5. The van der Waals surface area contributed by atoms with Crippen molar-refractivity contribution in [2.24, 2.45) is 0 Å². The number of hydrogen-bond acceptors (Lipinski definition) is 7. The molecule has 0 aliphatic rings. The Morgan fingerprint density at radius 3 is 2.75 bits per heavy atom. The van der Waals surface area contributed by atoms with Crippen molar-refractivity contribution in [1.29, 1.82) is 0 Å². The number of nitrogens with zero attached hydrogens (tertiary/aromatic N) is 3. The first-order valence-electron chi connectivity index (χ1n) is 5.92. The van der Waals surface area contributed by atoms with Crippen LogP contribution in [0.4, 0.5) is 5.13 Å². The molecule has 0 unspecified atom stereocenters. The number of hydrogen-bond donors (Lipinski definition) is 1. The molecule has 0 bridgehead atoms. The van der Waals surface area contributed by atoms with Gasteiger partial charge in [-0.05, 0) is 12.1 Å². The molecule has 2 aromatic heterocycles. The Morgan fingerprint density at radius 1 is 1.15 bits per heavy atom. The topological polar surface area (TPSA) is 59.9 Å². The first kappa shape index (κ1) is 13.0. The minimum atomic E-state index is 0.784. The summed E-state index contributed by atoms with van der Waals surface area (Å²) in [5.41, 5.74) is 1.83. The van der Waals surface area contributed by atoms with Crippen LogP contribution in [-0.4, -0.2) is 29.3 Å². The second kappa shape index (κ2) is 5.56. The van der Waals surface area contributed by atoms with Crippen molar-refractivity contribution in [2.75, 3.05) is 19.5 Å². The molecule has 0 fully saturated rings. The van der Waals surface area contributed by atoms with Gasteiger partial charge in [-0.15, -0.1) is 21.5 Å². The molecule has 0 aliphatic carbocycles. The number of aromatic nitrogens is 3. The van der Waals surface area contributed by atoms with Gasteiger partial charge in [0.25, 0.3) is 0 Å². The van der Waals surface area contributed by atoms with E-state index in [1.54, 1.807) is 18.4 Å². The second-order valence-electron chi connectivity index (χ2n) is 3.90. The molecular weight excluding hydrogens is 292 g/mol. The summed E-state index contributed by atoms with van der Waals surface area (Å²) in [6.07, 6.45) is 0. The lowest BCUT2D eigenvalue weighted by Crippen LogP contribution is -1.86. The zero-order chi connectivity index (χ0) is 13.9. The van der Waals surface area contributed by atoms with Crippen LogP contribution in [0.3, 0.4) is 0 Å². The molecule has 5 nitrogen and oxygen atoms in total. The Labute approximate surface area is 124 Å². The van der Waals surface area contributed by atoms with E-state index in [2.05, 4.69) is 20.5 Å². The summed E-state index contributed by atoms with van der Waals surface area (Å²) >= 11 is 3.06. The number of ether oxygens (including phenoxy) is 1. The van der Waals surface area contributed by atoms with E-state index in [0.717, 1.165) is 32.2 Å². The number of nitrogens with one attached hydrogen (secondary N) is 1. The van der Waals surface area contributed by atoms with Gasteiger partial charge in [0.2, 0.25) is 5.13 Å². The van der Waals surface area contributed by atoms with Crippen LogP contribution in [0.5, 0.6) is 5.75 Å². The molecule has 1 aromatic carbocycles. The van der Waals surface area contributed by atoms with E-state index in [0.29, 0.717) is 0 Å². The lowest BCUT2D eigenvalue weighted by molar-refractivity contribution is 0.416. The monoisotopic (exact) mass is 304 g/mol. The molecule has 7 heteroatoms. The average molecular weight is 304 g/mol. The molecule has 1 N–H and O–H groups in total. The molecule has 0 atom stereocenters. The van der Waals surface area contributed by atoms with E-state index >= 15 is 0 Å². The second-order valence-corrected chi connectivity index (χ2v) is 5.74. The van der Waals surface area contributed by atoms with Gasteiger partial charge in [-0.1, -0.05) is 23.5 Å². The molecule has 102 valence electrons. The van der Waals surface area contributed by atoms with Gasteiger partial charge in [0.1, 0.15) is 16.5 Å². The first-order chi connectivity index (χ1) is 9.81. The Balaban J connectivity index is 1.97. The number of rotatable bonds is 4. The fourth-order valence-electron chi connectivity index (χ4n) is 1.74. The maximum atomic E-state index is 5.37. The fourth-order valence-corrected chi connectivity index (χ4v) is 3.31. The minimum absolute atomic E-state index is 0.784. The van der Waals surface area contributed by atoms with E-state index in [4.69, 9.17) is 4.74 Å². The summed E-state index contributed by atoms with van der Waals surface area (Å²) in [6.45, 7) is 0. The SMILES string of the molecule is CNc1nnc(-c2csc(-c3ccccc3OC)n2)s1. The van der Waals surface area contributed by atoms with Crippen LogP contribution in [0.15, 0.2) is 29.6 Å². The number of thiazole rings is 1. The van der Waals surface area contributed by atoms with Gasteiger partial charge in [-0.2, -0.15) is 0 Å². The third-order valence-corrected chi connectivity index (χ3v) is 4.54. The summed E-state index contributed by atoms with van der Waals surface area (Å²) in [5.74, 6) is 0.821. The van der Waals surface area contributed by atoms with Crippen molar-refractivity contribution in [1.82, 2.24) is 15.2 Å². The molecule has 0 saturated heterocycles. The summed E-state index contributed by atoms with van der Waals surface area (Å²) < 4.78 is 5.37. The predicted molar refractivity (Wildman–Crippen MR) is 82.6 cm³/mol. The van der Waals surface area contributed by atoms with Gasteiger partial charge in [0.15, 0.2) is 5.01 Å². The van der Waals surface area contributed by atoms with E-state index in [9.17, 15) is 0 Å². The fraction of sp³-hybridized carbons (Fsp3) is 0.154. The molecule has 2 heterocycles. The number of para-hydroxylation sites is 1. The predicted octanol–water partition coefficient (Wildman–Crippen LogP) is 3.38. The quantitative estimate of drug-likeness (QED) is 0.800. The maximum absolute atomic E-state index is 5.37. The molecule has 3 aromatic rings. The molecule has 0 radical (unpaired) electrons. The number of benzene rings is 1. The number of methoxy groups -OCH3 is 1. The van der Waals surface area contributed by atoms with Crippen LogP contribution < -0.4 is 10.1 Å². The standard InChI is InChI=1S/C13H12N4OS2/c1-14-13-17-16-12(20-13)9-7-19-11(15-9)8-5-3-4-6-10(8)18-2/h3-7H,1-2H3,(H,14,17). The lowest BCUT2D eigenvalue weighted by atomic mass is 10.2. The van der Waals surface area contributed by atoms with Crippen LogP contribution in [-0.2, 0) is 0 Å². The first-order valence-corrected chi connectivity index (χ1v) is 7.62. The molecule has 0 amide bonds. The van der Waals surface area contributed by atoms with Crippen LogP contribution in [0.1, 0.15) is 0 Å². The molecular formula is C13H12N4OS2. The van der Waals surface area contributed by atoms with E-state index in [1.807, 2.05) is 36.7 Å². The van der Waals surface area contributed by atoms with Gasteiger partial charge >= 0.3 is 0 Å². The van der Waals surface area contributed by atoms with Crippen molar-refractivity contribution >= 4 is 27.8 Å². The number of anilines is 1. The van der Waals surface area contributed by atoms with Crippen molar-refractivity contribution in [3.8, 4) is 27.0 Å². The summed E-state index contributed by atoms with van der Waals surface area (Å²) in [4.78, 5) is 4.63. The van der Waals surface area contributed by atoms with Crippen molar-refractivity contribution < 1.29 is 4.74 Å². The highest BCUT2D eigenvalue weighted by Crippen LogP contribution is 2.35. The highest BCUT2D eigenvalue weighted by Gasteiger charge is 2.13.